The number of carboxylic acids is 1. The molecule has 120 valence electrons. The first-order chi connectivity index (χ1) is 10.0. The molecule has 2 rings (SSSR count). The second kappa shape index (κ2) is 7.11. The molecule has 0 saturated heterocycles. The zero-order valence-electron chi connectivity index (χ0n) is 12.4. The summed E-state index contributed by atoms with van der Waals surface area (Å²) in [5.41, 5.74) is -0.619. The van der Waals surface area contributed by atoms with Gasteiger partial charge in [-0.05, 0) is 25.7 Å². The van der Waals surface area contributed by atoms with Crippen LogP contribution in [0.2, 0.25) is 0 Å². The van der Waals surface area contributed by atoms with Crippen LogP contribution in [0.4, 0.5) is 4.79 Å². The van der Waals surface area contributed by atoms with E-state index in [2.05, 4.69) is 10.6 Å². The number of carbonyl (C=O) groups is 2. The third-order valence-electron chi connectivity index (χ3n) is 4.72. The van der Waals surface area contributed by atoms with Gasteiger partial charge in [-0.15, -0.1) is 0 Å². The van der Waals surface area contributed by atoms with E-state index in [0.717, 1.165) is 38.5 Å². The summed E-state index contributed by atoms with van der Waals surface area (Å²) in [6.45, 7) is 0. The lowest BCUT2D eigenvalue weighted by Gasteiger charge is -2.30. The Morgan fingerprint density at radius 1 is 1.05 bits per heavy atom. The predicted molar refractivity (Wildman–Crippen MR) is 78.0 cm³/mol. The molecular formula is C15H26N2O4. The maximum Gasteiger partial charge on any atom is 0.315 e. The molecule has 2 unspecified atom stereocenters. The number of hydrogen-bond acceptors (Lipinski definition) is 3. The highest BCUT2D eigenvalue weighted by Crippen LogP contribution is 2.32. The maximum atomic E-state index is 12.2. The highest BCUT2D eigenvalue weighted by Gasteiger charge is 2.38. The van der Waals surface area contributed by atoms with Gasteiger partial charge >= 0.3 is 12.0 Å². The summed E-state index contributed by atoms with van der Waals surface area (Å²) in [6.07, 6.45) is 7.34. The summed E-state index contributed by atoms with van der Waals surface area (Å²) in [6, 6.07) is -0.570. The minimum absolute atomic E-state index is 0.0341. The van der Waals surface area contributed by atoms with Gasteiger partial charge in [0.25, 0.3) is 0 Å². The first kappa shape index (κ1) is 16.1. The lowest BCUT2D eigenvalue weighted by atomic mass is 9.93. The summed E-state index contributed by atoms with van der Waals surface area (Å²) < 4.78 is 0. The molecule has 0 aromatic rings. The van der Waals surface area contributed by atoms with E-state index in [9.17, 15) is 14.7 Å². The van der Waals surface area contributed by atoms with Crippen LogP contribution in [0.15, 0.2) is 0 Å². The molecule has 0 heterocycles. The second-order valence-electron chi connectivity index (χ2n) is 6.47. The van der Waals surface area contributed by atoms with Gasteiger partial charge in [-0.25, -0.2) is 4.79 Å². The molecule has 6 nitrogen and oxygen atoms in total. The molecule has 0 aromatic carbocycles. The van der Waals surface area contributed by atoms with E-state index in [0.29, 0.717) is 19.3 Å². The molecule has 0 aromatic heterocycles. The quantitative estimate of drug-likeness (QED) is 0.594. The van der Waals surface area contributed by atoms with E-state index < -0.39 is 17.6 Å². The van der Waals surface area contributed by atoms with Crippen LogP contribution in [0.5, 0.6) is 0 Å². The van der Waals surface area contributed by atoms with Gasteiger partial charge in [0.05, 0.1) is 24.1 Å². The Balaban J connectivity index is 1.91. The number of nitrogens with one attached hydrogen (secondary N) is 2. The van der Waals surface area contributed by atoms with Crippen molar-refractivity contribution in [3.05, 3.63) is 0 Å². The minimum Gasteiger partial charge on any atom is -0.481 e. The zero-order chi connectivity index (χ0) is 15.3. The number of aliphatic hydroxyl groups excluding tert-OH is 1. The number of amides is 2. The normalized spacial score (nSPS) is 28.6. The average molecular weight is 298 g/mol. The summed E-state index contributed by atoms with van der Waals surface area (Å²) in [5.74, 6) is -0.883. The van der Waals surface area contributed by atoms with Crippen molar-refractivity contribution in [2.75, 3.05) is 0 Å². The van der Waals surface area contributed by atoms with Crippen molar-refractivity contribution >= 4 is 12.0 Å². The van der Waals surface area contributed by atoms with Crippen LogP contribution in [0, 0.1) is 0 Å². The summed E-state index contributed by atoms with van der Waals surface area (Å²) >= 11 is 0. The van der Waals surface area contributed by atoms with Crippen LogP contribution in [0.1, 0.15) is 64.2 Å². The molecule has 2 amide bonds. The highest BCUT2D eigenvalue weighted by molar-refractivity contribution is 5.77. The van der Waals surface area contributed by atoms with Crippen LogP contribution in [0.25, 0.3) is 0 Å². The summed E-state index contributed by atoms with van der Waals surface area (Å²) in [4.78, 5) is 23.2. The fraction of sp³-hybridized carbons (Fsp3) is 0.867. The number of rotatable bonds is 4. The number of carboxylic acid groups (broad SMARTS) is 1. The maximum absolute atomic E-state index is 12.2. The van der Waals surface area contributed by atoms with Crippen molar-refractivity contribution in [3.63, 3.8) is 0 Å². The first-order valence-corrected chi connectivity index (χ1v) is 7.99. The van der Waals surface area contributed by atoms with Crippen LogP contribution < -0.4 is 10.6 Å². The van der Waals surface area contributed by atoms with E-state index in [1.807, 2.05) is 0 Å². The molecule has 2 aliphatic carbocycles. The fourth-order valence-electron chi connectivity index (χ4n) is 3.59. The Labute approximate surface area is 125 Å². The van der Waals surface area contributed by atoms with Gasteiger partial charge < -0.3 is 20.8 Å². The number of carbonyl (C=O) groups excluding carboxylic acids is 1. The van der Waals surface area contributed by atoms with Gasteiger partial charge in [-0.1, -0.05) is 32.1 Å². The Bertz CT molecular complexity index is 380. The SMILES string of the molecule is O=C(O)CC1(NC(=O)NC2CCCCCC2O)CCCC1. The van der Waals surface area contributed by atoms with Crippen LogP contribution >= 0.6 is 0 Å². The molecule has 21 heavy (non-hydrogen) atoms. The summed E-state index contributed by atoms with van der Waals surface area (Å²) in [7, 11) is 0. The Morgan fingerprint density at radius 3 is 2.38 bits per heavy atom. The van der Waals surface area contributed by atoms with Crippen molar-refractivity contribution in [2.45, 2.75) is 81.9 Å². The first-order valence-electron chi connectivity index (χ1n) is 7.99. The van der Waals surface area contributed by atoms with E-state index in [1.54, 1.807) is 0 Å². The predicted octanol–water partition coefficient (Wildman–Crippen LogP) is 1.77. The largest absolute Gasteiger partial charge is 0.481 e. The van der Waals surface area contributed by atoms with Crippen molar-refractivity contribution in [1.82, 2.24) is 10.6 Å². The molecule has 0 radical (unpaired) electrons. The molecule has 0 bridgehead atoms. The summed E-state index contributed by atoms with van der Waals surface area (Å²) in [5, 5.41) is 24.8. The van der Waals surface area contributed by atoms with E-state index in [-0.39, 0.29) is 18.5 Å². The van der Waals surface area contributed by atoms with Gasteiger partial charge in [0.15, 0.2) is 0 Å². The van der Waals surface area contributed by atoms with E-state index in [1.165, 1.54) is 0 Å². The molecule has 2 saturated carbocycles. The number of aliphatic carboxylic acids is 1. The third kappa shape index (κ3) is 4.59. The van der Waals surface area contributed by atoms with E-state index in [4.69, 9.17) is 5.11 Å². The molecule has 4 N–H and O–H groups in total. The number of hydrogen-bond donors (Lipinski definition) is 4. The van der Waals surface area contributed by atoms with Gasteiger partial charge in [-0.3, -0.25) is 4.79 Å². The second-order valence-corrected chi connectivity index (χ2v) is 6.47. The van der Waals surface area contributed by atoms with Gasteiger partial charge in [0.2, 0.25) is 0 Å². The van der Waals surface area contributed by atoms with Gasteiger partial charge in [-0.2, -0.15) is 0 Å². The smallest absolute Gasteiger partial charge is 0.315 e. The lowest BCUT2D eigenvalue weighted by molar-refractivity contribution is -0.138. The molecular weight excluding hydrogens is 272 g/mol. The van der Waals surface area contributed by atoms with Gasteiger partial charge in [0, 0.05) is 0 Å². The van der Waals surface area contributed by atoms with E-state index >= 15 is 0 Å². The Hall–Kier alpha value is -1.30. The van der Waals surface area contributed by atoms with Crippen LogP contribution in [0.3, 0.4) is 0 Å². The van der Waals surface area contributed by atoms with Crippen LogP contribution in [-0.2, 0) is 4.79 Å². The average Bonchev–Trinajstić information content (AvgIpc) is 2.74. The molecule has 2 fully saturated rings. The number of urea groups is 1. The lowest BCUT2D eigenvalue weighted by Crippen LogP contribution is -2.55. The zero-order valence-corrected chi connectivity index (χ0v) is 12.4. The van der Waals surface area contributed by atoms with Gasteiger partial charge in [0.1, 0.15) is 0 Å². The Morgan fingerprint density at radius 2 is 1.71 bits per heavy atom. The topological polar surface area (TPSA) is 98.7 Å². The molecule has 2 aliphatic rings. The van der Waals surface area contributed by atoms with Crippen molar-refractivity contribution in [1.29, 1.82) is 0 Å². The third-order valence-corrected chi connectivity index (χ3v) is 4.72. The van der Waals surface area contributed by atoms with Crippen molar-refractivity contribution < 1.29 is 19.8 Å². The number of aliphatic hydroxyl groups is 1. The minimum atomic E-state index is -0.883. The fourth-order valence-corrected chi connectivity index (χ4v) is 3.59. The molecule has 2 atom stereocenters. The monoisotopic (exact) mass is 298 g/mol. The molecule has 0 aliphatic heterocycles. The molecule has 0 spiro atoms. The standard InChI is InChI=1S/C15H26N2O4/c18-12-7-3-1-2-6-11(12)16-14(21)17-15(10-13(19)20)8-4-5-9-15/h11-12,18H,1-10H2,(H,19,20)(H2,16,17,21). The van der Waals surface area contributed by atoms with Crippen molar-refractivity contribution in [3.8, 4) is 0 Å². The highest BCUT2D eigenvalue weighted by atomic mass is 16.4. The Kier molecular flexibility index (Phi) is 5.45. The van der Waals surface area contributed by atoms with Crippen LogP contribution in [-0.4, -0.2) is 39.9 Å². The van der Waals surface area contributed by atoms with Crippen molar-refractivity contribution in [2.24, 2.45) is 0 Å². The molecule has 6 heteroatoms.